The van der Waals surface area contributed by atoms with Crippen molar-refractivity contribution in [3.05, 3.63) is 29.6 Å². The summed E-state index contributed by atoms with van der Waals surface area (Å²) in [6, 6.07) is 3.44. The molecule has 0 bridgehead atoms. The van der Waals surface area contributed by atoms with Gasteiger partial charge in [0, 0.05) is 0 Å². The molecular formula is C7H6FNOS. The van der Waals surface area contributed by atoms with Gasteiger partial charge in [-0.05, 0) is 18.2 Å². The average Bonchev–Trinajstić information content (AvgIpc) is 1.94. The number of phenolic OH excluding ortho intramolecular Hbond substituents is 1. The Hall–Kier alpha value is -1.16. The third-order valence-electron chi connectivity index (χ3n) is 1.22. The fourth-order valence-electron chi connectivity index (χ4n) is 0.706. The van der Waals surface area contributed by atoms with Crippen LogP contribution in [-0.4, -0.2) is 10.1 Å². The Bertz CT molecular complexity index is 300. The Morgan fingerprint density at radius 1 is 1.55 bits per heavy atom. The van der Waals surface area contributed by atoms with E-state index in [2.05, 4.69) is 12.2 Å². The van der Waals surface area contributed by atoms with Crippen LogP contribution in [0.25, 0.3) is 0 Å². The van der Waals surface area contributed by atoms with Crippen LogP contribution >= 0.6 is 12.2 Å². The van der Waals surface area contributed by atoms with E-state index in [1.807, 2.05) is 0 Å². The van der Waals surface area contributed by atoms with Crippen molar-refractivity contribution in [3.63, 3.8) is 0 Å². The zero-order chi connectivity index (χ0) is 8.43. The summed E-state index contributed by atoms with van der Waals surface area (Å²) in [7, 11) is 0. The van der Waals surface area contributed by atoms with Gasteiger partial charge in [-0.3, -0.25) is 0 Å². The first kappa shape index (κ1) is 7.94. The Morgan fingerprint density at radius 3 is 2.64 bits per heavy atom. The number of hydrogen-bond donors (Lipinski definition) is 2. The molecule has 1 aromatic rings. The SMILES string of the molecule is NC(=S)c1cc(F)ccc1O. The van der Waals surface area contributed by atoms with Crippen LogP contribution < -0.4 is 5.73 Å². The van der Waals surface area contributed by atoms with Gasteiger partial charge in [-0.2, -0.15) is 0 Å². The predicted molar refractivity (Wildman–Crippen MR) is 44.0 cm³/mol. The molecule has 0 heterocycles. The first-order chi connectivity index (χ1) is 5.11. The monoisotopic (exact) mass is 171 g/mol. The third-order valence-corrected chi connectivity index (χ3v) is 1.44. The van der Waals surface area contributed by atoms with E-state index < -0.39 is 5.82 Å². The van der Waals surface area contributed by atoms with Gasteiger partial charge in [0.1, 0.15) is 16.6 Å². The molecule has 3 N–H and O–H groups in total. The number of halogens is 1. The van der Waals surface area contributed by atoms with Gasteiger partial charge in [0.2, 0.25) is 0 Å². The van der Waals surface area contributed by atoms with Crippen molar-refractivity contribution in [2.45, 2.75) is 0 Å². The summed E-state index contributed by atoms with van der Waals surface area (Å²) in [4.78, 5) is -0.0120. The first-order valence-corrected chi connectivity index (χ1v) is 3.30. The lowest BCUT2D eigenvalue weighted by atomic mass is 10.2. The van der Waals surface area contributed by atoms with E-state index in [4.69, 9.17) is 10.8 Å². The highest BCUT2D eigenvalue weighted by Crippen LogP contribution is 2.16. The van der Waals surface area contributed by atoms with Crippen molar-refractivity contribution in [3.8, 4) is 5.75 Å². The Labute approximate surface area is 68.5 Å². The van der Waals surface area contributed by atoms with Crippen molar-refractivity contribution in [2.24, 2.45) is 5.73 Å². The fraction of sp³-hybridized carbons (Fsp3) is 0. The fourth-order valence-corrected chi connectivity index (χ4v) is 0.869. The number of nitrogens with two attached hydrogens (primary N) is 1. The largest absolute Gasteiger partial charge is 0.507 e. The molecule has 2 nitrogen and oxygen atoms in total. The van der Waals surface area contributed by atoms with E-state index in [0.717, 1.165) is 12.1 Å². The van der Waals surface area contributed by atoms with Crippen LogP contribution in [0.2, 0.25) is 0 Å². The van der Waals surface area contributed by atoms with Gasteiger partial charge in [0.05, 0.1) is 5.56 Å². The van der Waals surface area contributed by atoms with Crippen LogP contribution in [0.5, 0.6) is 5.75 Å². The molecule has 1 rings (SSSR count). The van der Waals surface area contributed by atoms with Gasteiger partial charge in [0.15, 0.2) is 0 Å². The van der Waals surface area contributed by atoms with Crippen LogP contribution in [0.3, 0.4) is 0 Å². The van der Waals surface area contributed by atoms with E-state index in [1.165, 1.54) is 6.07 Å². The van der Waals surface area contributed by atoms with Crippen molar-refractivity contribution < 1.29 is 9.50 Å². The summed E-state index contributed by atoms with van der Waals surface area (Å²) in [5.74, 6) is -0.565. The van der Waals surface area contributed by atoms with Gasteiger partial charge in [-0.15, -0.1) is 0 Å². The van der Waals surface area contributed by atoms with Gasteiger partial charge in [0.25, 0.3) is 0 Å². The van der Waals surface area contributed by atoms with E-state index in [9.17, 15) is 4.39 Å². The molecule has 0 aliphatic carbocycles. The molecule has 0 radical (unpaired) electrons. The van der Waals surface area contributed by atoms with Crippen molar-refractivity contribution in [1.29, 1.82) is 0 Å². The summed E-state index contributed by atoms with van der Waals surface area (Å²) < 4.78 is 12.5. The van der Waals surface area contributed by atoms with Crippen molar-refractivity contribution >= 4 is 17.2 Å². The predicted octanol–water partition coefficient (Wildman–Crippen LogP) is 1.17. The van der Waals surface area contributed by atoms with E-state index in [1.54, 1.807) is 0 Å². The maximum absolute atomic E-state index is 12.5. The zero-order valence-electron chi connectivity index (χ0n) is 5.54. The van der Waals surface area contributed by atoms with Gasteiger partial charge in [-0.25, -0.2) is 4.39 Å². The smallest absolute Gasteiger partial charge is 0.125 e. The second kappa shape index (κ2) is 2.84. The van der Waals surface area contributed by atoms with Crippen LogP contribution in [0.4, 0.5) is 4.39 Å². The number of hydrogen-bond acceptors (Lipinski definition) is 2. The molecule has 0 amide bonds. The minimum Gasteiger partial charge on any atom is -0.507 e. The zero-order valence-corrected chi connectivity index (χ0v) is 6.36. The van der Waals surface area contributed by atoms with Crippen molar-refractivity contribution in [1.82, 2.24) is 0 Å². The summed E-state index contributed by atoms with van der Waals surface area (Å²) in [5, 5.41) is 9.07. The maximum Gasteiger partial charge on any atom is 0.125 e. The highest BCUT2D eigenvalue weighted by molar-refractivity contribution is 7.80. The van der Waals surface area contributed by atoms with E-state index >= 15 is 0 Å². The molecule has 11 heavy (non-hydrogen) atoms. The lowest BCUT2D eigenvalue weighted by molar-refractivity contribution is 0.472. The molecule has 0 aromatic heterocycles. The lowest BCUT2D eigenvalue weighted by Crippen LogP contribution is -2.09. The number of phenols is 1. The number of rotatable bonds is 1. The van der Waals surface area contributed by atoms with Crippen LogP contribution in [0.15, 0.2) is 18.2 Å². The quantitative estimate of drug-likeness (QED) is 0.623. The molecule has 0 fully saturated rings. The summed E-state index contributed by atoms with van der Waals surface area (Å²) >= 11 is 4.56. The summed E-state index contributed by atoms with van der Waals surface area (Å²) in [6.07, 6.45) is 0. The average molecular weight is 171 g/mol. The lowest BCUT2D eigenvalue weighted by Gasteiger charge is -2.00. The van der Waals surface area contributed by atoms with Crippen LogP contribution in [0, 0.1) is 5.82 Å². The second-order valence-corrected chi connectivity index (χ2v) is 2.47. The molecule has 4 heteroatoms. The summed E-state index contributed by atoms with van der Waals surface area (Å²) in [6.45, 7) is 0. The second-order valence-electron chi connectivity index (χ2n) is 2.03. The Balaban J connectivity index is 3.23. The molecule has 58 valence electrons. The van der Waals surface area contributed by atoms with Gasteiger partial charge in [-0.1, -0.05) is 12.2 Å². The third kappa shape index (κ3) is 1.65. The number of thiocarbonyl (C=S) groups is 1. The molecule has 0 aliphatic rings. The van der Waals surface area contributed by atoms with E-state index in [-0.39, 0.29) is 16.3 Å². The van der Waals surface area contributed by atoms with Crippen LogP contribution in [0.1, 0.15) is 5.56 Å². The molecule has 0 saturated carbocycles. The van der Waals surface area contributed by atoms with Crippen LogP contribution in [-0.2, 0) is 0 Å². The highest BCUT2D eigenvalue weighted by Gasteiger charge is 2.03. The number of aromatic hydroxyl groups is 1. The normalized spacial score (nSPS) is 9.55. The highest BCUT2D eigenvalue weighted by atomic mass is 32.1. The standard InChI is InChI=1S/C7H6FNOS/c8-4-1-2-6(10)5(3-4)7(9)11/h1-3,10H,(H2,9,11). The molecular weight excluding hydrogens is 165 g/mol. The summed E-state index contributed by atoms with van der Waals surface area (Å²) in [5.41, 5.74) is 5.35. The van der Waals surface area contributed by atoms with Gasteiger partial charge < -0.3 is 10.8 Å². The molecule has 1 aromatic carbocycles. The topological polar surface area (TPSA) is 46.2 Å². The number of benzene rings is 1. The molecule has 0 aliphatic heterocycles. The molecule has 0 spiro atoms. The first-order valence-electron chi connectivity index (χ1n) is 2.89. The molecule has 0 atom stereocenters. The minimum atomic E-state index is -0.467. The molecule has 0 saturated heterocycles. The van der Waals surface area contributed by atoms with Crippen molar-refractivity contribution in [2.75, 3.05) is 0 Å². The maximum atomic E-state index is 12.5. The molecule has 0 unspecified atom stereocenters. The Morgan fingerprint density at radius 2 is 2.18 bits per heavy atom. The Kier molecular flexibility index (Phi) is 2.05. The van der Waals surface area contributed by atoms with E-state index in [0.29, 0.717) is 0 Å². The minimum absolute atomic E-state index is 0.0120. The van der Waals surface area contributed by atoms with Gasteiger partial charge >= 0.3 is 0 Å².